The van der Waals surface area contributed by atoms with Gasteiger partial charge in [0, 0.05) is 12.0 Å². The maximum Gasteiger partial charge on any atom is 0.270 e. The molecule has 0 saturated carbocycles. The fraction of sp³-hybridized carbons (Fsp3) is 0.333. The number of nitrogens with one attached hydrogen (secondary N) is 1. The van der Waals surface area contributed by atoms with E-state index in [-0.39, 0.29) is 5.91 Å². The minimum atomic E-state index is -0.0405. The van der Waals surface area contributed by atoms with Crippen molar-refractivity contribution < 1.29 is 9.32 Å². The molecule has 0 spiro atoms. The first-order chi connectivity index (χ1) is 11.9. The lowest BCUT2D eigenvalue weighted by Gasteiger charge is -2.03. The summed E-state index contributed by atoms with van der Waals surface area (Å²) in [4.78, 5) is 21.5. The predicted octanol–water partition coefficient (Wildman–Crippen LogP) is 4.46. The Hall–Kier alpha value is -2.54. The van der Waals surface area contributed by atoms with Gasteiger partial charge < -0.3 is 9.84 Å². The number of rotatable bonds is 5. The van der Waals surface area contributed by atoms with E-state index in [0.29, 0.717) is 29.2 Å². The first-order valence-electron chi connectivity index (χ1n) is 8.10. The SMILES string of the molecule is Cc1cccc(-c2noc(-c3sc(NC(=O)CC(C)C)nc3C)n2)c1. The average molecular weight is 356 g/mol. The Labute approximate surface area is 150 Å². The molecule has 1 amide bonds. The molecule has 0 aliphatic carbocycles. The van der Waals surface area contributed by atoms with Crippen molar-refractivity contribution in [2.24, 2.45) is 5.92 Å². The zero-order chi connectivity index (χ0) is 18.0. The van der Waals surface area contributed by atoms with Crippen molar-refractivity contribution in [3.63, 3.8) is 0 Å². The van der Waals surface area contributed by atoms with Gasteiger partial charge in [-0.2, -0.15) is 4.98 Å². The molecule has 3 aromatic rings. The number of carbonyl (C=O) groups is 1. The quantitative estimate of drug-likeness (QED) is 0.730. The Morgan fingerprint density at radius 3 is 2.80 bits per heavy atom. The minimum absolute atomic E-state index is 0.0405. The fourth-order valence-corrected chi connectivity index (χ4v) is 3.31. The molecule has 0 fully saturated rings. The number of thiazole rings is 1. The van der Waals surface area contributed by atoms with Crippen LogP contribution in [0.5, 0.6) is 0 Å². The van der Waals surface area contributed by atoms with E-state index in [0.717, 1.165) is 21.7 Å². The van der Waals surface area contributed by atoms with E-state index in [1.54, 1.807) is 0 Å². The van der Waals surface area contributed by atoms with E-state index in [4.69, 9.17) is 4.52 Å². The highest BCUT2D eigenvalue weighted by molar-refractivity contribution is 7.19. The van der Waals surface area contributed by atoms with E-state index < -0.39 is 0 Å². The fourth-order valence-electron chi connectivity index (χ4n) is 2.41. The second kappa shape index (κ2) is 7.14. The monoisotopic (exact) mass is 356 g/mol. The molecular formula is C18H20N4O2S. The Morgan fingerprint density at radius 1 is 1.28 bits per heavy atom. The van der Waals surface area contributed by atoms with Gasteiger partial charge in [-0.15, -0.1) is 0 Å². The maximum atomic E-state index is 11.9. The third-order valence-corrected chi connectivity index (χ3v) is 4.59. The summed E-state index contributed by atoms with van der Waals surface area (Å²) >= 11 is 1.34. The van der Waals surface area contributed by atoms with Gasteiger partial charge in [0.15, 0.2) is 5.13 Å². The van der Waals surface area contributed by atoms with E-state index >= 15 is 0 Å². The van der Waals surface area contributed by atoms with Crippen molar-refractivity contribution in [3.8, 4) is 22.2 Å². The number of amides is 1. The Morgan fingerprint density at radius 2 is 2.08 bits per heavy atom. The summed E-state index contributed by atoms with van der Waals surface area (Å²) in [5.74, 6) is 1.21. The molecule has 0 radical (unpaired) electrons. The molecule has 0 saturated heterocycles. The van der Waals surface area contributed by atoms with Gasteiger partial charge in [0.2, 0.25) is 11.7 Å². The molecule has 2 heterocycles. The van der Waals surface area contributed by atoms with Crippen LogP contribution in [-0.4, -0.2) is 21.0 Å². The van der Waals surface area contributed by atoms with Crippen LogP contribution in [0.1, 0.15) is 31.5 Å². The lowest BCUT2D eigenvalue weighted by atomic mass is 10.1. The van der Waals surface area contributed by atoms with Crippen molar-refractivity contribution in [2.75, 3.05) is 5.32 Å². The summed E-state index contributed by atoms with van der Waals surface area (Å²) in [5, 5.41) is 7.44. The predicted molar refractivity (Wildman–Crippen MR) is 98.4 cm³/mol. The summed E-state index contributed by atoms with van der Waals surface area (Å²) in [5.41, 5.74) is 2.79. The number of benzene rings is 1. The molecule has 1 N–H and O–H groups in total. The van der Waals surface area contributed by atoms with Crippen LogP contribution in [0.15, 0.2) is 28.8 Å². The van der Waals surface area contributed by atoms with Crippen LogP contribution in [0.2, 0.25) is 0 Å². The van der Waals surface area contributed by atoms with Crippen molar-refractivity contribution in [1.29, 1.82) is 0 Å². The van der Waals surface area contributed by atoms with E-state index in [2.05, 4.69) is 20.4 Å². The Balaban J connectivity index is 1.82. The van der Waals surface area contributed by atoms with Crippen molar-refractivity contribution in [3.05, 3.63) is 35.5 Å². The summed E-state index contributed by atoms with van der Waals surface area (Å²) < 4.78 is 5.41. The van der Waals surface area contributed by atoms with Gasteiger partial charge >= 0.3 is 0 Å². The molecular weight excluding hydrogens is 336 g/mol. The van der Waals surface area contributed by atoms with Crippen LogP contribution in [0.25, 0.3) is 22.2 Å². The standard InChI is InChI=1S/C18H20N4O2S/c1-10(2)8-14(23)20-18-19-12(4)15(25-18)17-21-16(22-24-17)13-7-5-6-11(3)9-13/h5-7,9-10H,8H2,1-4H3,(H,19,20,23). The highest BCUT2D eigenvalue weighted by Crippen LogP contribution is 2.33. The van der Waals surface area contributed by atoms with Gasteiger partial charge in [0.05, 0.1) is 5.69 Å². The van der Waals surface area contributed by atoms with Gasteiger partial charge in [0.1, 0.15) is 4.88 Å². The number of hydrogen-bond donors (Lipinski definition) is 1. The van der Waals surface area contributed by atoms with Crippen molar-refractivity contribution in [2.45, 2.75) is 34.1 Å². The van der Waals surface area contributed by atoms with Gasteiger partial charge in [-0.25, -0.2) is 4.98 Å². The van der Waals surface area contributed by atoms with E-state index in [1.807, 2.05) is 52.0 Å². The maximum absolute atomic E-state index is 11.9. The van der Waals surface area contributed by atoms with E-state index in [9.17, 15) is 4.79 Å². The minimum Gasteiger partial charge on any atom is -0.333 e. The zero-order valence-electron chi connectivity index (χ0n) is 14.7. The molecule has 0 unspecified atom stereocenters. The first-order valence-corrected chi connectivity index (χ1v) is 8.92. The Bertz CT molecular complexity index is 898. The lowest BCUT2D eigenvalue weighted by molar-refractivity contribution is -0.116. The van der Waals surface area contributed by atoms with Gasteiger partial charge in [0.25, 0.3) is 5.89 Å². The molecule has 0 bridgehead atoms. The average Bonchev–Trinajstić information content (AvgIpc) is 3.13. The number of carbonyl (C=O) groups excluding carboxylic acids is 1. The summed E-state index contributed by atoms with van der Waals surface area (Å²) in [7, 11) is 0. The molecule has 25 heavy (non-hydrogen) atoms. The topological polar surface area (TPSA) is 80.9 Å². The van der Waals surface area contributed by atoms with Crippen LogP contribution >= 0.6 is 11.3 Å². The number of aryl methyl sites for hydroxylation is 2. The highest BCUT2D eigenvalue weighted by atomic mass is 32.1. The second-order valence-electron chi connectivity index (χ2n) is 6.37. The molecule has 0 aliphatic rings. The third-order valence-electron chi connectivity index (χ3n) is 3.53. The Kier molecular flexibility index (Phi) is 4.94. The summed E-state index contributed by atoms with van der Waals surface area (Å²) in [6.07, 6.45) is 0.464. The molecule has 3 rings (SSSR count). The summed E-state index contributed by atoms with van der Waals surface area (Å²) in [6, 6.07) is 7.93. The smallest absolute Gasteiger partial charge is 0.270 e. The highest BCUT2D eigenvalue weighted by Gasteiger charge is 2.18. The molecule has 0 atom stereocenters. The second-order valence-corrected chi connectivity index (χ2v) is 7.37. The third kappa shape index (κ3) is 4.11. The van der Waals surface area contributed by atoms with Crippen molar-refractivity contribution >= 4 is 22.4 Å². The van der Waals surface area contributed by atoms with Crippen LogP contribution in [0.3, 0.4) is 0 Å². The summed E-state index contributed by atoms with van der Waals surface area (Å²) in [6.45, 7) is 7.89. The zero-order valence-corrected chi connectivity index (χ0v) is 15.5. The molecule has 2 aromatic heterocycles. The first kappa shape index (κ1) is 17.3. The largest absolute Gasteiger partial charge is 0.333 e. The van der Waals surface area contributed by atoms with Crippen LogP contribution in [-0.2, 0) is 4.79 Å². The molecule has 1 aromatic carbocycles. The molecule has 130 valence electrons. The van der Waals surface area contributed by atoms with Crippen molar-refractivity contribution in [1.82, 2.24) is 15.1 Å². The normalized spacial score (nSPS) is 11.1. The number of nitrogens with zero attached hydrogens (tertiary/aromatic N) is 3. The number of anilines is 1. The van der Waals surface area contributed by atoms with Crippen LogP contribution in [0, 0.1) is 19.8 Å². The lowest BCUT2D eigenvalue weighted by Crippen LogP contribution is -2.13. The molecule has 6 nitrogen and oxygen atoms in total. The number of hydrogen-bond acceptors (Lipinski definition) is 6. The molecule has 0 aliphatic heterocycles. The van der Waals surface area contributed by atoms with Gasteiger partial charge in [-0.1, -0.05) is 54.1 Å². The number of aromatic nitrogens is 3. The van der Waals surface area contributed by atoms with Gasteiger partial charge in [-0.05, 0) is 25.8 Å². The molecule has 7 heteroatoms. The van der Waals surface area contributed by atoms with Crippen LogP contribution in [0.4, 0.5) is 5.13 Å². The van der Waals surface area contributed by atoms with Crippen LogP contribution < -0.4 is 5.32 Å². The van der Waals surface area contributed by atoms with E-state index in [1.165, 1.54) is 11.3 Å². The van der Waals surface area contributed by atoms with Gasteiger partial charge in [-0.3, -0.25) is 4.79 Å².